The molecule has 0 aliphatic heterocycles. The number of carbonyl (C=O) groups is 1. The van der Waals surface area contributed by atoms with Crippen LogP contribution in [-0.4, -0.2) is 29.5 Å². The van der Waals surface area contributed by atoms with Crippen LogP contribution in [0.1, 0.15) is 6.92 Å². The number of hydrogen-bond donors (Lipinski definition) is 2. The predicted octanol–water partition coefficient (Wildman–Crippen LogP) is 1.24. The highest BCUT2D eigenvalue weighted by atomic mass is 32.2. The average molecular weight is 338 g/mol. The second-order valence-electron chi connectivity index (χ2n) is 4.35. The summed E-state index contributed by atoms with van der Waals surface area (Å²) in [5.74, 6) is -0.235. The fourth-order valence-corrected chi connectivity index (χ4v) is 2.77. The first kappa shape index (κ1) is 16.4. The Labute approximate surface area is 132 Å². The van der Waals surface area contributed by atoms with Crippen LogP contribution in [-0.2, 0) is 14.8 Å². The van der Waals surface area contributed by atoms with E-state index in [1.165, 1.54) is 36.0 Å². The molecule has 1 atom stereocenters. The van der Waals surface area contributed by atoms with Gasteiger partial charge >= 0.3 is 0 Å². The average Bonchev–Trinajstić information content (AvgIpc) is 2.48. The molecule has 1 heterocycles. The molecular weight excluding hydrogens is 324 g/mol. The molecule has 0 spiro atoms. The van der Waals surface area contributed by atoms with Crippen molar-refractivity contribution in [3.05, 3.63) is 42.7 Å². The number of primary sulfonamides is 1. The maximum Gasteiger partial charge on any atom is 0.238 e. The van der Waals surface area contributed by atoms with Gasteiger partial charge in [-0.1, -0.05) is 11.8 Å². The van der Waals surface area contributed by atoms with Gasteiger partial charge in [-0.3, -0.25) is 4.79 Å². The maximum atomic E-state index is 12.1. The highest BCUT2D eigenvalue weighted by molar-refractivity contribution is 8.00. The fraction of sp³-hybridized carbons (Fsp3) is 0.154. The van der Waals surface area contributed by atoms with Gasteiger partial charge in [-0.05, 0) is 37.3 Å². The third-order valence-electron chi connectivity index (χ3n) is 2.64. The maximum absolute atomic E-state index is 12.1. The number of nitrogens with zero attached hydrogens (tertiary/aromatic N) is 2. The Bertz CT molecular complexity index is 749. The Balaban J connectivity index is 1.99. The number of aromatic nitrogens is 2. The van der Waals surface area contributed by atoms with Crippen molar-refractivity contribution in [2.24, 2.45) is 5.14 Å². The smallest absolute Gasteiger partial charge is 0.238 e. The Morgan fingerprint density at radius 1 is 1.23 bits per heavy atom. The Kier molecular flexibility index (Phi) is 5.11. The summed E-state index contributed by atoms with van der Waals surface area (Å²) < 4.78 is 22.3. The van der Waals surface area contributed by atoms with Gasteiger partial charge in [0.2, 0.25) is 15.9 Å². The summed E-state index contributed by atoms with van der Waals surface area (Å²) in [6, 6.07) is 7.33. The van der Waals surface area contributed by atoms with Crippen molar-refractivity contribution < 1.29 is 13.2 Å². The SMILES string of the molecule is C[C@H](Sc1ncccn1)C(=O)Nc1ccc(S(N)(=O)=O)cc1. The topological polar surface area (TPSA) is 115 Å². The zero-order chi connectivity index (χ0) is 16.2. The van der Waals surface area contributed by atoms with Crippen molar-refractivity contribution in [2.45, 2.75) is 22.2 Å². The molecule has 0 aliphatic rings. The number of benzene rings is 1. The van der Waals surface area contributed by atoms with Gasteiger partial charge in [0.05, 0.1) is 10.1 Å². The largest absolute Gasteiger partial charge is 0.325 e. The molecule has 0 saturated heterocycles. The number of nitrogens with two attached hydrogens (primary N) is 1. The van der Waals surface area contributed by atoms with Crippen LogP contribution in [0.15, 0.2) is 52.8 Å². The van der Waals surface area contributed by atoms with Gasteiger partial charge < -0.3 is 5.32 Å². The third-order valence-corrected chi connectivity index (χ3v) is 4.56. The minimum atomic E-state index is -3.74. The Morgan fingerprint density at radius 2 is 1.82 bits per heavy atom. The molecule has 116 valence electrons. The summed E-state index contributed by atoms with van der Waals surface area (Å²) in [6.45, 7) is 1.73. The van der Waals surface area contributed by atoms with Crippen LogP contribution >= 0.6 is 11.8 Å². The van der Waals surface area contributed by atoms with Crippen LogP contribution in [0, 0.1) is 0 Å². The minimum Gasteiger partial charge on any atom is -0.325 e. The van der Waals surface area contributed by atoms with E-state index in [2.05, 4.69) is 15.3 Å². The van der Waals surface area contributed by atoms with E-state index in [1.807, 2.05) is 0 Å². The number of carbonyl (C=O) groups excluding carboxylic acids is 1. The summed E-state index contributed by atoms with van der Waals surface area (Å²) in [4.78, 5) is 20.1. The van der Waals surface area contributed by atoms with Gasteiger partial charge in [-0.25, -0.2) is 23.5 Å². The molecule has 1 aromatic heterocycles. The number of sulfonamides is 1. The molecule has 1 aromatic carbocycles. The predicted molar refractivity (Wildman–Crippen MR) is 83.8 cm³/mol. The zero-order valence-electron chi connectivity index (χ0n) is 11.6. The highest BCUT2D eigenvalue weighted by Gasteiger charge is 2.16. The lowest BCUT2D eigenvalue weighted by atomic mass is 10.3. The number of rotatable bonds is 5. The van der Waals surface area contributed by atoms with E-state index in [1.54, 1.807) is 25.4 Å². The summed E-state index contributed by atoms with van der Waals surface area (Å²) in [5.41, 5.74) is 0.485. The summed E-state index contributed by atoms with van der Waals surface area (Å²) >= 11 is 1.23. The molecule has 0 fully saturated rings. The number of thioether (sulfide) groups is 1. The van der Waals surface area contributed by atoms with E-state index in [4.69, 9.17) is 5.14 Å². The molecular formula is C13H14N4O3S2. The van der Waals surface area contributed by atoms with Crippen molar-refractivity contribution >= 4 is 33.4 Å². The summed E-state index contributed by atoms with van der Waals surface area (Å²) in [7, 11) is -3.74. The number of amides is 1. The van der Waals surface area contributed by atoms with Crippen LogP contribution in [0.3, 0.4) is 0 Å². The van der Waals surface area contributed by atoms with Crippen LogP contribution in [0.5, 0.6) is 0 Å². The van der Waals surface area contributed by atoms with Crippen molar-refractivity contribution in [1.82, 2.24) is 9.97 Å². The van der Waals surface area contributed by atoms with Crippen molar-refractivity contribution in [1.29, 1.82) is 0 Å². The standard InChI is InChI=1S/C13H14N4O3S2/c1-9(21-13-15-7-2-8-16-13)12(18)17-10-3-5-11(6-4-10)22(14,19)20/h2-9H,1H3,(H,17,18)(H2,14,19,20)/t9-/m0/s1. The molecule has 0 aliphatic carbocycles. The molecule has 0 radical (unpaired) electrons. The lowest BCUT2D eigenvalue weighted by molar-refractivity contribution is -0.115. The molecule has 9 heteroatoms. The van der Waals surface area contributed by atoms with Gasteiger partial charge in [0.1, 0.15) is 0 Å². The molecule has 3 N–H and O–H groups in total. The van der Waals surface area contributed by atoms with E-state index in [0.717, 1.165) is 0 Å². The van der Waals surface area contributed by atoms with E-state index < -0.39 is 15.3 Å². The first-order valence-corrected chi connectivity index (χ1v) is 8.66. The number of anilines is 1. The lowest BCUT2D eigenvalue weighted by Gasteiger charge is -2.11. The molecule has 1 amide bonds. The molecule has 0 unspecified atom stereocenters. The van der Waals surface area contributed by atoms with E-state index in [-0.39, 0.29) is 10.8 Å². The Morgan fingerprint density at radius 3 is 2.36 bits per heavy atom. The second kappa shape index (κ2) is 6.86. The van der Waals surface area contributed by atoms with Gasteiger partial charge in [0.15, 0.2) is 5.16 Å². The fourth-order valence-electron chi connectivity index (χ4n) is 1.53. The summed E-state index contributed by atoms with van der Waals surface area (Å²) in [5, 5.41) is 7.81. The zero-order valence-corrected chi connectivity index (χ0v) is 13.3. The van der Waals surface area contributed by atoms with Crippen molar-refractivity contribution in [2.75, 3.05) is 5.32 Å². The van der Waals surface area contributed by atoms with Crippen LogP contribution in [0.2, 0.25) is 0 Å². The van der Waals surface area contributed by atoms with Crippen molar-refractivity contribution in [3.8, 4) is 0 Å². The molecule has 0 bridgehead atoms. The highest BCUT2D eigenvalue weighted by Crippen LogP contribution is 2.20. The normalized spacial score (nSPS) is 12.6. The van der Waals surface area contributed by atoms with Gasteiger partial charge in [0, 0.05) is 18.1 Å². The number of nitrogens with one attached hydrogen (secondary N) is 1. The minimum absolute atomic E-state index is 0.00870. The molecule has 2 aromatic rings. The molecule has 2 rings (SSSR count). The molecule has 22 heavy (non-hydrogen) atoms. The third kappa shape index (κ3) is 4.52. The van der Waals surface area contributed by atoms with Gasteiger partial charge in [-0.15, -0.1) is 0 Å². The van der Waals surface area contributed by atoms with Crippen LogP contribution < -0.4 is 10.5 Å². The lowest BCUT2D eigenvalue weighted by Crippen LogP contribution is -2.22. The number of hydrogen-bond acceptors (Lipinski definition) is 6. The van der Waals surface area contributed by atoms with E-state index in [0.29, 0.717) is 10.8 Å². The van der Waals surface area contributed by atoms with Gasteiger partial charge in [-0.2, -0.15) is 0 Å². The van der Waals surface area contributed by atoms with Crippen LogP contribution in [0.4, 0.5) is 5.69 Å². The van der Waals surface area contributed by atoms with Gasteiger partial charge in [0.25, 0.3) is 0 Å². The monoisotopic (exact) mass is 338 g/mol. The van der Waals surface area contributed by atoms with Crippen molar-refractivity contribution in [3.63, 3.8) is 0 Å². The Hall–Kier alpha value is -1.97. The summed E-state index contributed by atoms with van der Waals surface area (Å²) in [6.07, 6.45) is 3.21. The second-order valence-corrected chi connectivity index (χ2v) is 7.22. The first-order chi connectivity index (χ1) is 10.4. The first-order valence-electron chi connectivity index (χ1n) is 6.23. The quantitative estimate of drug-likeness (QED) is 0.626. The van der Waals surface area contributed by atoms with E-state index >= 15 is 0 Å². The van der Waals surface area contributed by atoms with E-state index in [9.17, 15) is 13.2 Å². The molecule has 7 nitrogen and oxygen atoms in total. The molecule has 0 saturated carbocycles. The van der Waals surface area contributed by atoms with Crippen LogP contribution in [0.25, 0.3) is 0 Å².